The van der Waals surface area contributed by atoms with Crippen LogP contribution in [-0.4, -0.2) is 35.6 Å². The minimum Gasteiger partial charge on any atom is -0.359 e. The minimum atomic E-state index is 0.493. The Morgan fingerprint density at radius 2 is 2.04 bits per heavy atom. The Hall–Kier alpha value is -2.36. The van der Waals surface area contributed by atoms with Gasteiger partial charge in [-0.25, -0.2) is 9.97 Å². The molecule has 2 N–H and O–H groups in total. The predicted octanol–water partition coefficient (Wildman–Crippen LogP) is 3.71. The van der Waals surface area contributed by atoms with E-state index in [0.29, 0.717) is 34.4 Å². The first-order valence-electron chi connectivity index (χ1n) is 9.36. The molecule has 0 spiro atoms. The molecule has 2 aliphatic heterocycles. The Morgan fingerprint density at radius 3 is 2.74 bits per heavy atom. The number of hydrogen-bond acceptors (Lipinski definition) is 6. The summed E-state index contributed by atoms with van der Waals surface area (Å²) in [6, 6.07) is 10.6. The van der Waals surface area contributed by atoms with Crippen LogP contribution in [0.5, 0.6) is 0 Å². The quantitative estimate of drug-likeness (QED) is 0.820. The van der Waals surface area contributed by atoms with Gasteiger partial charge in [0, 0.05) is 31.7 Å². The number of rotatable bonds is 5. The highest BCUT2D eigenvalue weighted by atomic mass is 35.5. The van der Waals surface area contributed by atoms with Crippen molar-refractivity contribution in [2.75, 3.05) is 23.8 Å². The number of benzene rings is 1. The van der Waals surface area contributed by atoms with Crippen LogP contribution >= 0.6 is 11.6 Å². The SMILES string of the molecule is CN(CC1CC2CCC(C1)N2)c1cc(Nc2ccc(C#N)cc2Cl)ncn1. The molecule has 27 heavy (non-hydrogen) atoms. The third-order valence-electron chi connectivity index (χ3n) is 5.51. The van der Waals surface area contributed by atoms with Crippen molar-refractivity contribution >= 4 is 28.9 Å². The van der Waals surface area contributed by atoms with Crippen molar-refractivity contribution in [3.63, 3.8) is 0 Å². The second-order valence-corrected chi connectivity index (χ2v) is 7.96. The maximum Gasteiger partial charge on any atom is 0.135 e. The van der Waals surface area contributed by atoms with Gasteiger partial charge in [0.2, 0.25) is 0 Å². The summed E-state index contributed by atoms with van der Waals surface area (Å²) in [5.74, 6) is 2.28. The van der Waals surface area contributed by atoms with Crippen LogP contribution in [0.4, 0.5) is 17.3 Å². The molecule has 6 nitrogen and oxygen atoms in total. The summed E-state index contributed by atoms with van der Waals surface area (Å²) in [7, 11) is 2.09. The molecular formula is C20H23ClN6. The number of nitrogens with zero attached hydrogens (tertiary/aromatic N) is 4. The second-order valence-electron chi connectivity index (χ2n) is 7.55. The lowest BCUT2D eigenvalue weighted by Crippen LogP contribution is -2.41. The number of aromatic nitrogens is 2. The summed E-state index contributed by atoms with van der Waals surface area (Å²) in [5, 5.41) is 16.4. The highest BCUT2D eigenvalue weighted by Crippen LogP contribution is 2.32. The van der Waals surface area contributed by atoms with Gasteiger partial charge in [0.1, 0.15) is 18.0 Å². The molecular weight excluding hydrogens is 360 g/mol. The summed E-state index contributed by atoms with van der Waals surface area (Å²) in [6.45, 7) is 1.00. The fraction of sp³-hybridized carbons (Fsp3) is 0.450. The first-order valence-corrected chi connectivity index (χ1v) is 9.74. The molecule has 2 aliphatic rings. The Balaban J connectivity index is 1.43. The van der Waals surface area contributed by atoms with Gasteiger partial charge in [-0.3, -0.25) is 0 Å². The van der Waals surface area contributed by atoms with E-state index >= 15 is 0 Å². The number of fused-ring (bicyclic) bond motifs is 2. The van der Waals surface area contributed by atoms with Crippen LogP contribution in [0.25, 0.3) is 0 Å². The van der Waals surface area contributed by atoms with Gasteiger partial charge >= 0.3 is 0 Å². The average Bonchev–Trinajstić information content (AvgIpc) is 3.02. The molecule has 1 aromatic carbocycles. The van der Waals surface area contributed by atoms with Crippen LogP contribution in [0.3, 0.4) is 0 Å². The van der Waals surface area contributed by atoms with Crippen molar-refractivity contribution in [1.82, 2.24) is 15.3 Å². The molecule has 7 heteroatoms. The van der Waals surface area contributed by atoms with Gasteiger partial charge in [0.05, 0.1) is 22.3 Å². The monoisotopic (exact) mass is 382 g/mol. The number of anilines is 3. The summed E-state index contributed by atoms with van der Waals surface area (Å²) in [5.41, 5.74) is 1.25. The maximum absolute atomic E-state index is 8.95. The molecule has 1 aromatic heterocycles. The molecule has 0 radical (unpaired) electrons. The smallest absolute Gasteiger partial charge is 0.135 e. The first-order chi connectivity index (χ1) is 13.1. The zero-order chi connectivity index (χ0) is 18.8. The van der Waals surface area contributed by atoms with Crippen LogP contribution in [0.15, 0.2) is 30.6 Å². The van der Waals surface area contributed by atoms with Crippen LogP contribution in [-0.2, 0) is 0 Å². The van der Waals surface area contributed by atoms with Gasteiger partial charge in [-0.05, 0) is 49.8 Å². The van der Waals surface area contributed by atoms with E-state index in [1.807, 2.05) is 6.07 Å². The molecule has 0 amide bonds. The molecule has 2 unspecified atom stereocenters. The summed E-state index contributed by atoms with van der Waals surface area (Å²) in [4.78, 5) is 10.9. The number of nitriles is 1. The van der Waals surface area contributed by atoms with Crippen molar-refractivity contribution in [2.45, 2.75) is 37.8 Å². The normalized spacial score (nSPS) is 23.7. The van der Waals surface area contributed by atoms with Crippen molar-refractivity contribution < 1.29 is 0 Å². The van der Waals surface area contributed by atoms with Crippen LogP contribution in [0.2, 0.25) is 5.02 Å². The minimum absolute atomic E-state index is 0.493. The summed E-state index contributed by atoms with van der Waals surface area (Å²) < 4.78 is 0. The zero-order valence-electron chi connectivity index (χ0n) is 15.3. The molecule has 4 rings (SSSR count). The van der Waals surface area contributed by atoms with Gasteiger partial charge in [0.15, 0.2) is 0 Å². The Kier molecular flexibility index (Phi) is 5.15. The van der Waals surface area contributed by atoms with E-state index in [1.54, 1.807) is 24.5 Å². The van der Waals surface area contributed by atoms with E-state index < -0.39 is 0 Å². The molecule has 0 saturated carbocycles. The molecule has 3 heterocycles. The van der Waals surface area contributed by atoms with E-state index in [2.05, 4.69) is 38.6 Å². The van der Waals surface area contributed by atoms with E-state index in [1.165, 1.54) is 25.7 Å². The molecule has 2 fully saturated rings. The molecule has 140 valence electrons. The number of piperidine rings is 1. The largest absolute Gasteiger partial charge is 0.359 e. The highest BCUT2D eigenvalue weighted by molar-refractivity contribution is 6.33. The lowest BCUT2D eigenvalue weighted by atomic mass is 9.92. The van der Waals surface area contributed by atoms with Gasteiger partial charge in [0.25, 0.3) is 0 Å². The molecule has 2 aromatic rings. The third-order valence-corrected chi connectivity index (χ3v) is 5.82. The lowest BCUT2D eigenvalue weighted by Gasteiger charge is -2.32. The van der Waals surface area contributed by atoms with Crippen molar-refractivity contribution in [1.29, 1.82) is 5.26 Å². The van der Waals surface area contributed by atoms with E-state index in [0.717, 1.165) is 18.1 Å². The fourth-order valence-corrected chi connectivity index (χ4v) is 4.48. The van der Waals surface area contributed by atoms with E-state index in [-0.39, 0.29) is 0 Å². The molecule has 0 aliphatic carbocycles. The van der Waals surface area contributed by atoms with Crippen molar-refractivity contribution in [2.24, 2.45) is 5.92 Å². The average molecular weight is 383 g/mol. The van der Waals surface area contributed by atoms with Crippen LogP contribution in [0.1, 0.15) is 31.2 Å². The predicted molar refractivity (Wildman–Crippen MR) is 107 cm³/mol. The van der Waals surface area contributed by atoms with Gasteiger partial charge < -0.3 is 15.5 Å². The first kappa shape index (κ1) is 18.0. The third kappa shape index (κ3) is 4.15. The Bertz CT molecular complexity index is 852. The molecule has 2 bridgehead atoms. The fourth-order valence-electron chi connectivity index (χ4n) is 4.25. The maximum atomic E-state index is 8.95. The Morgan fingerprint density at radius 1 is 1.26 bits per heavy atom. The number of halogens is 1. The second kappa shape index (κ2) is 7.71. The number of nitrogens with one attached hydrogen (secondary N) is 2. The van der Waals surface area contributed by atoms with Crippen molar-refractivity contribution in [3.8, 4) is 6.07 Å². The Labute approximate surface area is 164 Å². The zero-order valence-corrected chi connectivity index (χ0v) is 16.1. The summed E-state index contributed by atoms with van der Waals surface area (Å²) >= 11 is 6.25. The van der Waals surface area contributed by atoms with Gasteiger partial charge in [-0.2, -0.15) is 5.26 Å². The van der Waals surface area contributed by atoms with E-state index in [9.17, 15) is 0 Å². The van der Waals surface area contributed by atoms with Gasteiger partial charge in [-0.15, -0.1) is 0 Å². The number of hydrogen-bond donors (Lipinski definition) is 2. The van der Waals surface area contributed by atoms with Gasteiger partial charge in [-0.1, -0.05) is 11.6 Å². The highest BCUT2D eigenvalue weighted by Gasteiger charge is 2.33. The van der Waals surface area contributed by atoms with Crippen molar-refractivity contribution in [3.05, 3.63) is 41.2 Å². The summed E-state index contributed by atoms with van der Waals surface area (Å²) in [6.07, 6.45) is 6.70. The van der Waals surface area contributed by atoms with Crippen LogP contribution < -0.4 is 15.5 Å². The van der Waals surface area contributed by atoms with E-state index in [4.69, 9.17) is 16.9 Å². The van der Waals surface area contributed by atoms with Crippen LogP contribution in [0, 0.1) is 17.2 Å². The lowest BCUT2D eigenvalue weighted by molar-refractivity contribution is 0.303. The molecule has 2 saturated heterocycles. The molecule has 2 atom stereocenters. The topological polar surface area (TPSA) is 76.9 Å². The standard InChI is InChI=1S/C20H23ClN6/c1-27(11-14-6-15-3-4-16(7-14)25-15)20-9-19(23-12-24-20)26-18-5-2-13(10-22)8-17(18)21/h2,5,8-9,12,14-16,25H,3-4,6-7,11H2,1H3,(H,23,24,26).